The van der Waals surface area contributed by atoms with Gasteiger partial charge in [0.15, 0.2) is 5.78 Å². The molecule has 10 heteroatoms. The Balaban J connectivity index is 1.73. The van der Waals surface area contributed by atoms with Crippen LogP contribution in [0.15, 0.2) is 77.9 Å². The van der Waals surface area contributed by atoms with Gasteiger partial charge in [-0.1, -0.05) is 44.2 Å². The van der Waals surface area contributed by atoms with E-state index in [1.54, 1.807) is 69.6 Å². The average molecular weight is 529 g/mol. The standard InChI is InChI=1S/C29H32N6O4/c1-29(2,18-39-4)24(36)17-35-23-14-6-5-12-21(23)25(22-13-7-8-15-31-22)33-26(27(35)37)34-28(38)32-20-11-9-10-19(16-20)30-3/h5-16,26,30H,17-18H2,1-4H3,(H2,32,34,38). The van der Waals surface area contributed by atoms with Gasteiger partial charge < -0.3 is 25.6 Å². The number of rotatable bonds is 9. The van der Waals surface area contributed by atoms with Crippen LogP contribution in [0.3, 0.4) is 0 Å². The maximum atomic E-state index is 14.0. The molecule has 1 aromatic heterocycles. The fourth-order valence-corrected chi connectivity index (χ4v) is 4.24. The van der Waals surface area contributed by atoms with Crippen molar-refractivity contribution in [3.63, 3.8) is 0 Å². The van der Waals surface area contributed by atoms with Gasteiger partial charge >= 0.3 is 6.03 Å². The van der Waals surface area contributed by atoms with Crippen LogP contribution in [-0.2, 0) is 14.3 Å². The Morgan fingerprint density at radius 3 is 2.49 bits per heavy atom. The van der Waals surface area contributed by atoms with E-state index in [2.05, 4.69) is 25.9 Å². The van der Waals surface area contributed by atoms with Crippen molar-refractivity contribution in [3.8, 4) is 0 Å². The second-order valence-electron chi connectivity index (χ2n) is 9.71. The third-order valence-corrected chi connectivity index (χ3v) is 6.35. The van der Waals surface area contributed by atoms with E-state index in [4.69, 9.17) is 4.74 Å². The minimum absolute atomic E-state index is 0.194. The van der Waals surface area contributed by atoms with E-state index in [1.807, 2.05) is 24.3 Å². The van der Waals surface area contributed by atoms with Gasteiger partial charge in [0.1, 0.15) is 0 Å². The monoisotopic (exact) mass is 528 g/mol. The smallest absolute Gasteiger partial charge is 0.321 e. The van der Waals surface area contributed by atoms with Crippen molar-refractivity contribution in [3.05, 3.63) is 84.2 Å². The molecule has 0 saturated heterocycles. The number of ketones is 1. The molecule has 2 aromatic carbocycles. The largest absolute Gasteiger partial charge is 0.388 e. The first-order chi connectivity index (χ1) is 18.7. The molecule has 39 heavy (non-hydrogen) atoms. The van der Waals surface area contributed by atoms with Crippen LogP contribution < -0.4 is 20.9 Å². The number of benzodiazepines with no additional fused rings is 1. The number of aliphatic imine (C=N–C) groups is 1. The zero-order chi connectivity index (χ0) is 28.0. The summed E-state index contributed by atoms with van der Waals surface area (Å²) < 4.78 is 5.23. The van der Waals surface area contributed by atoms with Gasteiger partial charge in [-0.15, -0.1) is 0 Å². The quantitative estimate of drug-likeness (QED) is 0.389. The van der Waals surface area contributed by atoms with E-state index in [0.29, 0.717) is 28.3 Å². The van der Waals surface area contributed by atoms with Crippen LogP contribution in [0.25, 0.3) is 0 Å². The lowest BCUT2D eigenvalue weighted by Crippen LogP contribution is -2.51. The molecular formula is C29H32N6O4. The van der Waals surface area contributed by atoms with Crippen LogP contribution in [0, 0.1) is 5.41 Å². The summed E-state index contributed by atoms with van der Waals surface area (Å²) in [5.41, 5.74) is 2.58. The molecule has 202 valence electrons. The highest BCUT2D eigenvalue weighted by molar-refractivity contribution is 6.20. The number of nitrogens with one attached hydrogen (secondary N) is 3. The number of carbonyl (C=O) groups excluding carboxylic acids is 3. The average Bonchev–Trinajstić information content (AvgIpc) is 3.04. The minimum Gasteiger partial charge on any atom is -0.388 e. The number of anilines is 3. The van der Waals surface area contributed by atoms with Gasteiger partial charge in [0, 0.05) is 42.7 Å². The Morgan fingerprint density at radius 2 is 1.77 bits per heavy atom. The van der Waals surface area contributed by atoms with Gasteiger partial charge in [-0.3, -0.25) is 14.6 Å². The van der Waals surface area contributed by atoms with Crippen LogP contribution in [0.4, 0.5) is 21.9 Å². The fourth-order valence-electron chi connectivity index (χ4n) is 4.24. The number of pyridine rings is 1. The lowest BCUT2D eigenvalue weighted by molar-refractivity contribution is -0.130. The van der Waals surface area contributed by atoms with Crippen LogP contribution in [0.1, 0.15) is 25.1 Å². The van der Waals surface area contributed by atoms with Crippen LogP contribution in [0.5, 0.6) is 0 Å². The number of nitrogens with zero attached hydrogens (tertiary/aromatic N) is 3. The van der Waals surface area contributed by atoms with Crippen LogP contribution >= 0.6 is 0 Å². The van der Waals surface area contributed by atoms with Gasteiger partial charge in [0.25, 0.3) is 5.91 Å². The topological polar surface area (TPSA) is 125 Å². The summed E-state index contributed by atoms with van der Waals surface area (Å²) in [4.78, 5) is 50.8. The van der Waals surface area contributed by atoms with Gasteiger partial charge in [0.2, 0.25) is 6.17 Å². The zero-order valence-electron chi connectivity index (χ0n) is 22.4. The third-order valence-electron chi connectivity index (χ3n) is 6.35. The van der Waals surface area contributed by atoms with Crippen LogP contribution in [0.2, 0.25) is 0 Å². The number of fused-ring (bicyclic) bond motifs is 1. The summed E-state index contributed by atoms with van der Waals surface area (Å²) in [5, 5.41) is 8.45. The molecule has 2 heterocycles. The molecular weight excluding hydrogens is 496 g/mol. The molecule has 1 aliphatic heterocycles. The number of ether oxygens (including phenoxy) is 1. The lowest BCUT2D eigenvalue weighted by atomic mass is 9.88. The maximum absolute atomic E-state index is 14.0. The van der Waals surface area contributed by atoms with Crippen molar-refractivity contribution < 1.29 is 19.1 Å². The molecule has 1 atom stereocenters. The Bertz CT molecular complexity index is 1390. The van der Waals surface area contributed by atoms with Crippen molar-refractivity contribution in [2.75, 3.05) is 42.8 Å². The first kappa shape index (κ1) is 27.5. The van der Waals surface area contributed by atoms with Gasteiger partial charge in [-0.05, 0) is 36.4 Å². The number of hydrogen-bond donors (Lipinski definition) is 3. The van der Waals surface area contributed by atoms with Crippen molar-refractivity contribution in [2.45, 2.75) is 20.0 Å². The van der Waals surface area contributed by atoms with Gasteiger partial charge in [-0.25, -0.2) is 9.79 Å². The van der Waals surface area contributed by atoms with Gasteiger partial charge in [-0.2, -0.15) is 0 Å². The number of amides is 3. The normalized spacial score (nSPS) is 15.1. The molecule has 0 spiro atoms. The van der Waals surface area contributed by atoms with Crippen molar-refractivity contribution in [1.82, 2.24) is 10.3 Å². The number of methoxy groups -OCH3 is 1. The summed E-state index contributed by atoms with van der Waals surface area (Å²) in [7, 11) is 3.30. The molecule has 0 fully saturated rings. The molecule has 4 rings (SSSR count). The molecule has 0 bridgehead atoms. The van der Waals surface area contributed by atoms with E-state index in [9.17, 15) is 14.4 Å². The Hall–Kier alpha value is -4.57. The molecule has 0 radical (unpaired) electrons. The molecule has 3 amide bonds. The minimum atomic E-state index is -1.32. The molecule has 10 nitrogen and oxygen atoms in total. The number of hydrogen-bond acceptors (Lipinski definition) is 7. The first-order valence-electron chi connectivity index (χ1n) is 12.5. The van der Waals surface area contributed by atoms with E-state index >= 15 is 0 Å². The predicted molar refractivity (Wildman–Crippen MR) is 151 cm³/mol. The molecule has 3 N–H and O–H groups in total. The second kappa shape index (κ2) is 11.9. The Morgan fingerprint density at radius 1 is 1.03 bits per heavy atom. The Kier molecular flexibility index (Phi) is 8.36. The van der Waals surface area contributed by atoms with E-state index in [0.717, 1.165) is 5.69 Å². The summed E-state index contributed by atoms with van der Waals surface area (Å²) in [6.07, 6.45) is 0.311. The molecule has 1 unspecified atom stereocenters. The van der Waals surface area contributed by atoms with E-state index in [-0.39, 0.29) is 18.9 Å². The highest BCUT2D eigenvalue weighted by Crippen LogP contribution is 2.29. The molecule has 0 saturated carbocycles. The lowest BCUT2D eigenvalue weighted by Gasteiger charge is -2.29. The number of aromatic nitrogens is 1. The Labute approximate surface area is 227 Å². The number of carbonyl (C=O) groups is 3. The fraction of sp³-hybridized carbons (Fsp3) is 0.276. The first-order valence-corrected chi connectivity index (χ1v) is 12.5. The highest BCUT2D eigenvalue weighted by Gasteiger charge is 2.37. The van der Waals surface area contributed by atoms with Crippen molar-refractivity contribution in [1.29, 1.82) is 0 Å². The highest BCUT2D eigenvalue weighted by atomic mass is 16.5. The predicted octanol–water partition coefficient (Wildman–Crippen LogP) is 3.70. The number of Topliss-reactive ketones (excluding diaryl/α,β-unsaturated/α-hetero) is 1. The third kappa shape index (κ3) is 6.29. The molecule has 0 aliphatic carbocycles. The SMILES string of the molecule is CNc1cccc(NC(=O)NC2N=C(c3ccccn3)c3ccccc3N(CC(=O)C(C)(C)COC)C2=O)c1. The van der Waals surface area contributed by atoms with E-state index < -0.39 is 23.5 Å². The second-order valence-corrected chi connectivity index (χ2v) is 9.71. The zero-order valence-corrected chi connectivity index (χ0v) is 22.4. The summed E-state index contributed by atoms with van der Waals surface area (Å²) in [6, 6.07) is 19.1. The van der Waals surface area contributed by atoms with Crippen molar-refractivity contribution >= 4 is 40.5 Å². The molecule has 1 aliphatic rings. The summed E-state index contributed by atoms with van der Waals surface area (Å²) in [5.74, 6) is -0.741. The summed E-state index contributed by atoms with van der Waals surface area (Å²) in [6.45, 7) is 3.51. The van der Waals surface area contributed by atoms with Crippen molar-refractivity contribution in [2.24, 2.45) is 10.4 Å². The van der Waals surface area contributed by atoms with Gasteiger partial charge in [0.05, 0.1) is 30.2 Å². The van der Waals surface area contributed by atoms with E-state index in [1.165, 1.54) is 12.0 Å². The summed E-state index contributed by atoms with van der Waals surface area (Å²) >= 11 is 0. The maximum Gasteiger partial charge on any atom is 0.321 e. The van der Waals surface area contributed by atoms with Crippen LogP contribution in [-0.4, -0.2) is 61.9 Å². The number of urea groups is 1. The number of benzene rings is 2. The molecule has 3 aromatic rings. The number of para-hydroxylation sites is 1.